The number of carbonyl (C=O) groups excluding carboxylic acids is 1. The van der Waals surface area contributed by atoms with Crippen LogP contribution in [0.1, 0.15) is 30.4 Å². The summed E-state index contributed by atoms with van der Waals surface area (Å²) < 4.78 is 5.40. The molecular weight excluding hydrogens is 354 g/mol. The zero-order valence-corrected chi connectivity index (χ0v) is 14.9. The Labute approximate surface area is 154 Å². The molecule has 0 saturated carbocycles. The summed E-state index contributed by atoms with van der Waals surface area (Å²) in [5, 5.41) is 12.9. The first-order valence-electron chi connectivity index (χ1n) is 7.99. The molecule has 0 radical (unpaired) electrons. The van der Waals surface area contributed by atoms with Crippen LogP contribution in [0.2, 0.25) is 0 Å². The molecule has 3 rings (SSSR count). The van der Waals surface area contributed by atoms with Crippen molar-refractivity contribution in [2.75, 3.05) is 17.7 Å². The highest BCUT2D eigenvalue weighted by atomic mass is 32.2. The van der Waals surface area contributed by atoms with Crippen molar-refractivity contribution >= 4 is 23.5 Å². The summed E-state index contributed by atoms with van der Waals surface area (Å²) in [6.07, 6.45) is 5.33. The lowest BCUT2D eigenvalue weighted by molar-refractivity contribution is -0.116. The van der Waals surface area contributed by atoms with E-state index in [0.717, 1.165) is 0 Å². The van der Waals surface area contributed by atoms with E-state index < -0.39 is 5.92 Å². The minimum Gasteiger partial charge on any atom is -0.504 e. The number of carbonyl (C=O) groups is 1. The third-order valence-electron chi connectivity index (χ3n) is 3.91. The van der Waals surface area contributed by atoms with Crippen LogP contribution in [0, 0.1) is 12.3 Å². The Morgan fingerprint density at radius 2 is 2.27 bits per heavy atom. The predicted molar refractivity (Wildman–Crippen MR) is 98.8 cm³/mol. The van der Waals surface area contributed by atoms with Gasteiger partial charge in [-0.1, -0.05) is 23.7 Å². The highest BCUT2D eigenvalue weighted by Gasteiger charge is 2.31. The fourth-order valence-electron chi connectivity index (χ4n) is 2.83. The number of benzene rings is 1. The van der Waals surface area contributed by atoms with Crippen LogP contribution in [0.3, 0.4) is 0 Å². The van der Waals surface area contributed by atoms with Gasteiger partial charge in [-0.05, 0) is 24.6 Å². The van der Waals surface area contributed by atoms with Crippen molar-refractivity contribution in [1.29, 1.82) is 0 Å². The van der Waals surface area contributed by atoms with Crippen molar-refractivity contribution in [3.8, 4) is 23.8 Å². The van der Waals surface area contributed by atoms with Gasteiger partial charge in [0.1, 0.15) is 5.82 Å². The number of anilines is 1. The summed E-state index contributed by atoms with van der Waals surface area (Å²) in [4.78, 5) is 31.8. The van der Waals surface area contributed by atoms with Gasteiger partial charge in [0.2, 0.25) is 5.91 Å². The molecule has 0 saturated heterocycles. The van der Waals surface area contributed by atoms with E-state index in [4.69, 9.17) is 11.2 Å². The molecule has 3 N–H and O–H groups in total. The Bertz CT molecular complexity index is 948. The van der Waals surface area contributed by atoms with Gasteiger partial charge >= 0.3 is 0 Å². The number of hydrogen-bond donors (Lipinski definition) is 3. The summed E-state index contributed by atoms with van der Waals surface area (Å²) >= 11 is 1.21. The van der Waals surface area contributed by atoms with Crippen LogP contribution in [0.25, 0.3) is 0 Å². The average molecular weight is 371 g/mol. The molecule has 0 fully saturated rings. The lowest BCUT2D eigenvalue weighted by Crippen LogP contribution is -2.31. The molecule has 26 heavy (non-hydrogen) atoms. The SMILES string of the molecule is C#CCSc1nc2c(c(=O)[nH]1)[C@H](c1ccc(O)c(OCC)c1)CC(=O)N2. The van der Waals surface area contributed by atoms with Crippen molar-refractivity contribution in [3.63, 3.8) is 0 Å². The van der Waals surface area contributed by atoms with Crippen LogP contribution in [0.4, 0.5) is 5.82 Å². The second-order valence-corrected chi connectivity index (χ2v) is 6.56. The fourth-order valence-corrected chi connectivity index (χ4v) is 3.37. The Kier molecular flexibility index (Phi) is 5.19. The summed E-state index contributed by atoms with van der Waals surface area (Å²) in [6.45, 7) is 2.19. The van der Waals surface area contributed by atoms with Crippen molar-refractivity contribution in [1.82, 2.24) is 9.97 Å². The highest BCUT2D eigenvalue weighted by Crippen LogP contribution is 2.38. The molecule has 8 heteroatoms. The lowest BCUT2D eigenvalue weighted by Gasteiger charge is -2.25. The fraction of sp³-hybridized carbons (Fsp3) is 0.278. The average Bonchev–Trinajstić information content (AvgIpc) is 2.61. The Morgan fingerprint density at radius 1 is 1.46 bits per heavy atom. The number of nitrogens with zero attached hydrogens (tertiary/aromatic N) is 1. The van der Waals surface area contributed by atoms with Crippen LogP contribution >= 0.6 is 11.8 Å². The van der Waals surface area contributed by atoms with Gasteiger partial charge in [-0.15, -0.1) is 6.42 Å². The van der Waals surface area contributed by atoms with Crippen LogP contribution in [-0.4, -0.2) is 33.3 Å². The number of hydrogen-bond acceptors (Lipinski definition) is 6. The molecule has 1 aromatic heterocycles. The molecule has 7 nitrogen and oxygen atoms in total. The van der Waals surface area contributed by atoms with Crippen molar-refractivity contribution in [2.24, 2.45) is 0 Å². The number of H-pyrrole nitrogens is 1. The van der Waals surface area contributed by atoms with Crippen LogP contribution in [-0.2, 0) is 4.79 Å². The summed E-state index contributed by atoms with van der Waals surface area (Å²) in [7, 11) is 0. The second-order valence-electron chi connectivity index (χ2n) is 5.59. The van der Waals surface area contributed by atoms with Crippen molar-refractivity contribution < 1.29 is 14.6 Å². The van der Waals surface area contributed by atoms with Gasteiger partial charge in [-0.25, -0.2) is 4.98 Å². The minimum absolute atomic E-state index is 0.00384. The number of nitrogens with one attached hydrogen (secondary N) is 2. The maximum absolute atomic E-state index is 12.6. The number of amides is 1. The zero-order chi connectivity index (χ0) is 18.7. The van der Waals surface area contributed by atoms with E-state index in [-0.39, 0.29) is 29.5 Å². The number of thioether (sulfide) groups is 1. The molecule has 0 unspecified atom stereocenters. The van der Waals surface area contributed by atoms with Gasteiger partial charge in [-0.2, -0.15) is 0 Å². The smallest absolute Gasteiger partial charge is 0.257 e. The summed E-state index contributed by atoms with van der Waals surface area (Å²) in [6, 6.07) is 4.81. The standard InChI is InChI=1S/C18H17N3O4S/c1-3-7-26-18-20-16-15(17(24)21-18)11(9-14(23)19-16)10-5-6-12(22)13(8-10)25-4-2/h1,5-6,8,11,22H,4,7,9H2,2H3,(H2,19,20,21,23,24)/t11-/m0/s1. The molecule has 0 bridgehead atoms. The van der Waals surface area contributed by atoms with Gasteiger partial charge in [-0.3, -0.25) is 9.59 Å². The number of phenolic OH excluding ortho intramolecular Hbond substituents is 1. The zero-order valence-electron chi connectivity index (χ0n) is 14.0. The quantitative estimate of drug-likeness (QED) is 0.422. The molecule has 2 heterocycles. The van der Waals surface area contributed by atoms with Gasteiger partial charge in [0.25, 0.3) is 5.56 Å². The number of fused-ring (bicyclic) bond motifs is 1. The molecule has 1 aliphatic heterocycles. The first kappa shape index (κ1) is 17.9. The van der Waals surface area contributed by atoms with E-state index in [1.807, 2.05) is 0 Å². The minimum atomic E-state index is -0.485. The van der Waals surface area contributed by atoms with Crippen LogP contribution < -0.4 is 15.6 Å². The molecule has 1 amide bonds. The third-order valence-corrected chi connectivity index (χ3v) is 4.69. The van der Waals surface area contributed by atoms with E-state index in [2.05, 4.69) is 21.2 Å². The second kappa shape index (κ2) is 7.54. The predicted octanol–water partition coefficient (Wildman–Crippen LogP) is 2.07. The Hall–Kier alpha value is -2.92. The molecule has 0 aliphatic carbocycles. The summed E-state index contributed by atoms with van der Waals surface area (Å²) in [5.41, 5.74) is 0.743. The largest absolute Gasteiger partial charge is 0.504 e. The maximum atomic E-state index is 12.6. The normalized spacial score (nSPS) is 15.7. The Morgan fingerprint density at radius 3 is 3.00 bits per heavy atom. The number of terminal acetylenes is 1. The first-order chi connectivity index (χ1) is 12.5. The van der Waals surface area contributed by atoms with Crippen LogP contribution in [0.15, 0.2) is 28.2 Å². The molecular formula is C18H17N3O4S. The van der Waals surface area contributed by atoms with E-state index in [1.165, 1.54) is 17.8 Å². The number of aromatic hydroxyl groups is 1. The molecule has 134 valence electrons. The number of aromatic amines is 1. The van der Waals surface area contributed by atoms with Gasteiger partial charge in [0.15, 0.2) is 16.7 Å². The van der Waals surface area contributed by atoms with Gasteiger partial charge < -0.3 is 20.1 Å². The molecule has 2 aromatic rings. The Balaban J connectivity index is 2.06. The van der Waals surface area contributed by atoms with E-state index in [1.54, 1.807) is 19.1 Å². The van der Waals surface area contributed by atoms with E-state index >= 15 is 0 Å². The molecule has 1 aliphatic rings. The third kappa shape index (κ3) is 3.53. The lowest BCUT2D eigenvalue weighted by atomic mass is 9.86. The molecule has 1 aromatic carbocycles. The number of phenols is 1. The molecule has 0 spiro atoms. The number of rotatable bonds is 5. The van der Waals surface area contributed by atoms with Crippen LogP contribution in [0.5, 0.6) is 11.5 Å². The molecule has 1 atom stereocenters. The highest BCUT2D eigenvalue weighted by molar-refractivity contribution is 7.99. The number of aromatic nitrogens is 2. The first-order valence-corrected chi connectivity index (χ1v) is 8.98. The van der Waals surface area contributed by atoms with Gasteiger partial charge in [0.05, 0.1) is 17.9 Å². The van der Waals surface area contributed by atoms with E-state index in [9.17, 15) is 14.7 Å². The van der Waals surface area contributed by atoms with Crippen molar-refractivity contribution in [3.05, 3.63) is 39.7 Å². The maximum Gasteiger partial charge on any atom is 0.257 e. The number of ether oxygens (including phenoxy) is 1. The summed E-state index contributed by atoms with van der Waals surface area (Å²) in [5.74, 6) is 2.64. The van der Waals surface area contributed by atoms with Crippen molar-refractivity contribution in [2.45, 2.75) is 24.4 Å². The van der Waals surface area contributed by atoms with Gasteiger partial charge in [0, 0.05) is 12.3 Å². The van der Waals surface area contributed by atoms with E-state index in [0.29, 0.717) is 34.4 Å². The topological polar surface area (TPSA) is 104 Å². The monoisotopic (exact) mass is 371 g/mol.